The van der Waals surface area contributed by atoms with Crippen molar-refractivity contribution >= 4 is 0 Å². The van der Waals surface area contributed by atoms with Crippen molar-refractivity contribution in [2.45, 2.75) is 25.7 Å². The van der Waals surface area contributed by atoms with E-state index in [1.54, 1.807) is 0 Å². The van der Waals surface area contributed by atoms with Crippen molar-refractivity contribution in [2.24, 2.45) is 0 Å². The normalized spacial score (nSPS) is 13.9. The number of hydrogen-bond acceptors (Lipinski definition) is 0. The highest BCUT2D eigenvalue weighted by Crippen LogP contribution is 2.31. The summed E-state index contributed by atoms with van der Waals surface area (Å²) in [5, 5.41) is 0. The zero-order valence-corrected chi connectivity index (χ0v) is 11.2. The van der Waals surface area contributed by atoms with Gasteiger partial charge in [-0.25, -0.2) is 0 Å². The molecule has 0 nitrogen and oxygen atoms in total. The van der Waals surface area contributed by atoms with Gasteiger partial charge in [0, 0.05) is 5.41 Å². The maximum atomic E-state index is 3.98. The Morgan fingerprint density at radius 3 is 2.28 bits per heavy atom. The van der Waals surface area contributed by atoms with Crippen LogP contribution in [0.15, 0.2) is 67.3 Å². The first-order valence-corrected chi connectivity index (χ1v) is 6.49. The molecule has 0 radical (unpaired) electrons. The highest BCUT2D eigenvalue weighted by atomic mass is 14.2. The molecule has 0 heterocycles. The summed E-state index contributed by atoms with van der Waals surface area (Å²) in [6.07, 6.45) is 3.12. The third-order valence-corrected chi connectivity index (χ3v) is 3.81. The fourth-order valence-electron chi connectivity index (χ4n) is 2.15. The van der Waals surface area contributed by atoms with Crippen LogP contribution < -0.4 is 0 Å². The van der Waals surface area contributed by atoms with Crippen LogP contribution in [0.1, 0.15) is 25.8 Å². The molecule has 2 rings (SSSR count). The van der Waals surface area contributed by atoms with Gasteiger partial charge in [-0.15, -0.1) is 6.58 Å². The van der Waals surface area contributed by atoms with Gasteiger partial charge in [0.2, 0.25) is 0 Å². The molecule has 0 aliphatic heterocycles. The van der Waals surface area contributed by atoms with E-state index in [1.165, 1.54) is 16.7 Å². The van der Waals surface area contributed by atoms with Crippen molar-refractivity contribution in [3.8, 4) is 11.1 Å². The fourth-order valence-corrected chi connectivity index (χ4v) is 2.15. The van der Waals surface area contributed by atoms with Gasteiger partial charge in [0.05, 0.1) is 0 Å². The molecule has 0 N–H and O–H groups in total. The average molecular weight is 236 g/mol. The van der Waals surface area contributed by atoms with Gasteiger partial charge < -0.3 is 0 Å². The molecular weight excluding hydrogens is 216 g/mol. The van der Waals surface area contributed by atoms with Crippen LogP contribution >= 0.6 is 0 Å². The zero-order chi connectivity index (χ0) is 13.0. The molecule has 18 heavy (non-hydrogen) atoms. The summed E-state index contributed by atoms with van der Waals surface area (Å²) < 4.78 is 0. The van der Waals surface area contributed by atoms with E-state index in [4.69, 9.17) is 0 Å². The molecule has 0 aromatic heterocycles. The molecule has 0 spiro atoms. The lowest BCUT2D eigenvalue weighted by Gasteiger charge is -2.25. The standard InChI is InChI=1S/C18H20/c1-4-18(3,5-2)17-13-9-12-16(14-17)15-10-7-6-8-11-15/h4,6-14H,1,5H2,2-3H3/t18-/m1/s1. The molecule has 0 aliphatic rings. The Kier molecular flexibility index (Phi) is 3.66. The summed E-state index contributed by atoms with van der Waals surface area (Å²) in [4.78, 5) is 0. The molecule has 0 saturated carbocycles. The smallest absolute Gasteiger partial charge is 0.00985 e. The van der Waals surface area contributed by atoms with E-state index < -0.39 is 0 Å². The summed E-state index contributed by atoms with van der Waals surface area (Å²) in [5.74, 6) is 0. The second-order valence-electron chi connectivity index (χ2n) is 4.92. The van der Waals surface area contributed by atoms with E-state index in [9.17, 15) is 0 Å². The Labute approximate surface area is 110 Å². The molecule has 0 amide bonds. The Morgan fingerprint density at radius 1 is 1.00 bits per heavy atom. The molecule has 2 aromatic carbocycles. The second kappa shape index (κ2) is 5.22. The minimum absolute atomic E-state index is 0.0603. The summed E-state index contributed by atoms with van der Waals surface area (Å²) in [5.41, 5.74) is 3.93. The van der Waals surface area contributed by atoms with E-state index in [1.807, 2.05) is 6.07 Å². The van der Waals surface area contributed by atoms with Gasteiger partial charge in [-0.05, 0) is 23.1 Å². The largest absolute Gasteiger partial charge is 0.102 e. The van der Waals surface area contributed by atoms with Crippen LogP contribution in [0.2, 0.25) is 0 Å². The van der Waals surface area contributed by atoms with E-state index in [-0.39, 0.29) is 5.41 Å². The molecule has 0 bridgehead atoms. The lowest BCUT2D eigenvalue weighted by molar-refractivity contribution is 0.574. The van der Waals surface area contributed by atoms with Crippen molar-refractivity contribution in [1.29, 1.82) is 0 Å². The Hall–Kier alpha value is -1.82. The Morgan fingerprint density at radius 2 is 1.67 bits per heavy atom. The molecular formula is C18H20. The predicted molar refractivity (Wildman–Crippen MR) is 79.7 cm³/mol. The van der Waals surface area contributed by atoms with Crippen LogP contribution in [0.25, 0.3) is 11.1 Å². The van der Waals surface area contributed by atoms with Gasteiger partial charge in [-0.3, -0.25) is 0 Å². The van der Waals surface area contributed by atoms with Gasteiger partial charge in [0.1, 0.15) is 0 Å². The van der Waals surface area contributed by atoms with E-state index in [2.05, 4.69) is 75.0 Å². The molecule has 0 heteroatoms. The molecule has 0 aliphatic carbocycles. The first-order chi connectivity index (χ1) is 8.69. The molecule has 92 valence electrons. The van der Waals surface area contributed by atoms with Crippen molar-refractivity contribution in [1.82, 2.24) is 0 Å². The predicted octanol–water partition coefficient (Wildman–Crippen LogP) is 5.21. The first-order valence-electron chi connectivity index (χ1n) is 6.49. The molecule has 0 fully saturated rings. The molecule has 2 aromatic rings. The SMILES string of the molecule is C=C[C@](C)(CC)c1cccc(-c2ccccc2)c1. The topological polar surface area (TPSA) is 0 Å². The summed E-state index contributed by atoms with van der Waals surface area (Å²) in [6, 6.07) is 19.3. The van der Waals surface area contributed by atoms with Crippen LogP contribution in [-0.2, 0) is 5.41 Å². The number of benzene rings is 2. The van der Waals surface area contributed by atoms with Gasteiger partial charge in [0.25, 0.3) is 0 Å². The van der Waals surface area contributed by atoms with Crippen LogP contribution in [0.5, 0.6) is 0 Å². The van der Waals surface area contributed by atoms with Crippen LogP contribution in [0.3, 0.4) is 0 Å². The minimum atomic E-state index is 0.0603. The third-order valence-electron chi connectivity index (χ3n) is 3.81. The van der Waals surface area contributed by atoms with Gasteiger partial charge >= 0.3 is 0 Å². The maximum absolute atomic E-state index is 3.98. The van der Waals surface area contributed by atoms with E-state index in [0.29, 0.717) is 0 Å². The number of hydrogen-bond donors (Lipinski definition) is 0. The van der Waals surface area contributed by atoms with Crippen LogP contribution in [0.4, 0.5) is 0 Å². The fraction of sp³-hybridized carbons (Fsp3) is 0.222. The molecule has 1 atom stereocenters. The Bertz CT molecular complexity index is 525. The molecule has 0 saturated heterocycles. The average Bonchev–Trinajstić information content (AvgIpc) is 2.47. The van der Waals surface area contributed by atoms with E-state index >= 15 is 0 Å². The van der Waals surface area contributed by atoms with Gasteiger partial charge in [-0.2, -0.15) is 0 Å². The lowest BCUT2D eigenvalue weighted by Crippen LogP contribution is -2.16. The van der Waals surface area contributed by atoms with Crippen LogP contribution in [0, 0.1) is 0 Å². The first kappa shape index (κ1) is 12.6. The third kappa shape index (κ3) is 2.38. The molecule has 0 unspecified atom stereocenters. The van der Waals surface area contributed by atoms with Crippen molar-refractivity contribution in [3.63, 3.8) is 0 Å². The monoisotopic (exact) mass is 236 g/mol. The summed E-state index contributed by atoms with van der Waals surface area (Å²) >= 11 is 0. The van der Waals surface area contributed by atoms with Crippen molar-refractivity contribution in [3.05, 3.63) is 72.8 Å². The summed E-state index contributed by atoms with van der Waals surface area (Å²) in [6.45, 7) is 8.43. The van der Waals surface area contributed by atoms with Crippen LogP contribution in [-0.4, -0.2) is 0 Å². The highest BCUT2D eigenvalue weighted by molar-refractivity contribution is 5.64. The van der Waals surface area contributed by atoms with Gasteiger partial charge in [0.15, 0.2) is 0 Å². The maximum Gasteiger partial charge on any atom is 0.00985 e. The van der Waals surface area contributed by atoms with Crippen molar-refractivity contribution < 1.29 is 0 Å². The number of allylic oxidation sites excluding steroid dienone is 1. The van der Waals surface area contributed by atoms with Crippen molar-refractivity contribution in [2.75, 3.05) is 0 Å². The lowest BCUT2D eigenvalue weighted by atomic mass is 9.79. The Balaban J connectivity index is 2.46. The second-order valence-corrected chi connectivity index (χ2v) is 4.92. The zero-order valence-electron chi connectivity index (χ0n) is 11.2. The van der Waals surface area contributed by atoms with Gasteiger partial charge in [-0.1, -0.05) is 74.5 Å². The quantitative estimate of drug-likeness (QED) is 0.639. The van der Waals surface area contributed by atoms with E-state index in [0.717, 1.165) is 6.42 Å². The highest BCUT2D eigenvalue weighted by Gasteiger charge is 2.20. The summed E-state index contributed by atoms with van der Waals surface area (Å²) in [7, 11) is 0. The minimum Gasteiger partial charge on any atom is -0.102 e. The number of rotatable bonds is 4.